The van der Waals surface area contributed by atoms with Crippen molar-refractivity contribution in [1.82, 2.24) is 0 Å². The monoisotopic (exact) mass is 322 g/mol. The lowest BCUT2D eigenvalue weighted by molar-refractivity contribution is -0.137. The fourth-order valence-electron chi connectivity index (χ4n) is 1.72. The smallest absolute Gasteiger partial charge is 0.335 e. The standard InChI is InChI=1S/C13H14ClF3N2S/c1-7-6-20-12(18-8(7)2)19-11-4-9(13(15,16)17)3-10(14)5-11/h3-5,7-8H,6H2,1-2H3,(H,18,19). The van der Waals surface area contributed by atoms with Gasteiger partial charge < -0.3 is 5.32 Å². The molecule has 2 unspecified atom stereocenters. The summed E-state index contributed by atoms with van der Waals surface area (Å²) in [6, 6.07) is 3.56. The van der Waals surface area contributed by atoms with Crippen LogP contribution in [-0.2, 0) is 6.18 Å². The van der Waals surface area contributed by atoms with Crippen LogP contribution in [0.5, 0.6) is 0 Å². The predicted molar refractivity (Wildman–Crippen MR) is 78.6 cm³/mol. The fraction of sp³-hybridized carbons (Fsp3) is 0.462. The summed E-state index contributed by atoms with van der Waals surface area (Å²) >= 11 is 7.24. The van der Waals surface area contributed by atoms with Gasteiger partial charge in [0.1, 0.15) is 0 Å². The van der Waals surface area contributed by atoms with Gasteiger partial charge >= 0.3 is 6.18 Å². The summed E-state index contributed by atoms with van der Waals surface area (Å²) in [6.07, 6.45) is -4.41. The third kappa shape index (κ3) is 3.82. The van der Waals surface area contributed by atoms with Crippen LogP contribution < -0.4 is 5.32 Å². The molecule has 0 aliphatic carbocycles. The fourth-order valence-corrected chi connectivity index (χ4v) is 3.08. The Bertz CT molecular complexity index is 531. The molecule has 1 aliphatic rings. The Morgan fingerprint density at radius 3 is 2.60 bits per heavy atom. The second kappa shape index (κ2) is 5.85. The number of benzene rings is 1. The lowest BCUT2D eigenvalue weighted by Gasteiger charge is -2.24. The van der Waals surface area contributed by atoms with E-state index < -0.39 is 11.7 Å². The molecule has 0 aromatic heterocycles. The van der Waals surface area contributed by atoms with Crippen LogP contribution in [0, 0.1) is 5.92 Å². The molecule has 1 aliphatic heterocycles. The molecule has 0 radical (unpaired) electrons. The number of amidine groups is 1. The summed E-state index contributed by atoms with van der Waals surface area (Å²) in [5, 5.41) is 3.59. The maximum Gasteiger partial charge on any atom is 0.416 e. The Morgan fingerprint density at radius 2 is 2.00 bits per heavy atom. The number of anilines is 1. The molecule has 0 saturated heterocycles. The van der Waals surface area contributed by atoms with Gasteiger partial charge in [0.2, 0.25) is 0 Å². The molecule has 2 rings (SSSR count). The highest BCUT2D eigenvalue weighted by Gasteiger charge is 2.31. The molecule has 1 aromatic carbocycles. The summed E-state index contributed by atoms with van der Waals surface area (Å²) in [5.41, 5.74) is -0.465. The van der Waals surface area contributed by atoms with Crippen molar-refractivity contribution in [1.29, 1.82) is 0 Å². The molecule has 0 amide bonds. The van der Waals surface area contributed by atoms with Crippen molar-refractivity contribution < 1.29 is 13.2 Å². The second-order valence-corrected chi connectivity index (χ2v) is 6.26. The van der Waals surface area contributed by atoms with Crippen LogP contribution in [-0.4, -0.2) is 17.0 Å². The zero-order valence-electron chi connectivity index (χ0n) is 11.0. The number of hydrogen-bond donors (Lipinski definition) is 1. The van der Waals surface area contributed by atoms with Crippen molar-refractivity contribution in [3.63, 3.8) is 0 Å². The van der Waals surface area contributed by atoms with Crippen molar-refractivity contribution in [2.75, 3.05) is 11.1 Å². The zero-order valence-corrected chi connectivity index (χ0v) is 12.5. The van der Waals surface area contributed by atoms with E-state index in [-0.39, 0.29) is 11.1 Å². The first kappa shape index (κ1) is 15.5. The summed E-state index contributed by atoms with van der Waals surface area (Å²) in [7, 11) is 0. The van der Waals surface area contributed by atoms with E-state index in [4.69, 9.17) is 11.6 Å². The van der Waals surface area contributed by atoms with Gasteiger partial charge in [0.25, 0.3) is 0 Å². The molecule has 1 heterocycles. The van der Waals surface area contributed by atoms with Crippen molar-refractivity contribution in [3.05, 3.63) is 28.8 Å². The number of thioether (sulfide) groups is 1. The number of nitrogens with one attached hydrogen (secondary N) is 1. The van der Waals surface area contributed by atoms with Crippen LogP contribution in [0.3, 0.4) is 0 Å². The zero-order chi connectivity index (χ0) is 14.9. The van der Waals surface area contributed by atoms with Crippen molar-refractivity contribution in [3.8, 4) is 0 Å². The highest BCUT2D eigenvalue weighted by Crippen LogP contribution is 2.34. The molecule has 2 nitrogen and oxygen atoms in total. The van der Waals surface area contributed by atoms with E-state index in [1.807, 2.05) is 6.92 Å². The van der Waals surface area contributed by atoms with Gasteiger partial charge in [0, 0.05) is 16.5 Å². The maximum atomic E-state index is 12.7. The molecular weight excluding hydrogens is 309 g/mol. The van der Waals surface area contributed by atoms with E-state index in [0.717, 1.165) is 17.9 Å². The van der Waals surface area contributed by atoms with E-state index in [0.29, 0.717) is 16.8 Å². The van der Waals surface area contributed by atoms with Gasteiger partial charge in [0.15, 0.2) is 5.17 Å². The van der Waals surface area contributed by atoms with Gasteiger partial charge in [-0.05, 0) is 31.0 Å². The molecule has 110 valence electrons. The van der Waals surface area contributed by atoms with E-state index in [2.05, 4.69) is 17.2 Å². The first-order chi connectivity index (χ1) is 9.25. The Kier molecular flexibility index (Phi) is 4.54. The van der Waals surface area contributed by atoms with Crippen LogP contribution in [0.4, 0.5) is 18.9 Å². The Balaban J connectivity index is 2.22. The van der Waals surface area contributed by atoms with E-state index in [9.17, 15) is 13.2 Å². The minimum atomic E-state index is -4.41. The molecular formula is C13H14ClF3N2S. The number of nitrogens with zero attached hydrogens (tertiary/aromatic N) is 1. The summed E-state index contributed by atoms with van der Waals surface area (Å²) in [6.45, 7) is 4.09. The molecule has 1 aromatic rings. The number of hydrogen-bond acceptors (Lipinski definition) is 3. The third-order valence-electron chi connectivity index (χ3n) is 3.10. The number of alkyl halides is 3. The Labute approximate surface area is 124 Å². The van der Waals surface area contributed by atoms with Gasteiger partial charge in [-0.1, -0.05) is 30.3 Å². The topological polar surface area (TPSA) is 24.4 Å². The molecule has 0 fully saturated rings. The number of rotatable bonds is 1. The first-order valence-corrected chi connectivity index (χ1v) is 7.47. The van der Waals surface area contributed by atoms with Gasteiger partial charge in [-0.25, -0.2) is 0 Å². The van der Waals surface area contributed by atoms with Crippen LogP contribution in [0.1, 0.15) is 19.4 Å². The summed E-state index contributed by atoms with van der Waals surface area (Å²) in [4.78, 5) is 4.42. The van der Waals surface area contributed by atoms with Crippen LogP contribution in [0.25, 0.3) is 0 Å². The maximum absolute atomic E-state index is 12.7. The lowest BCUT2D eigenvalue weighted by Crippen LogP contribution is -2.25. The predicted octanol–water partition coefficient (Wildman–Crippen LogP) is 4.90. The largest absolute Gasteiger partial charge is 0.416 e. The molecule has 0 saturated carbocycles. The van der Waals surface area contributed by atoms with Gasteiger partial charge in [-0.3, -0.25) is 4.99 Å². The average Bonchev–Trinajstić information content (AvgIpc) is 2.32. The first-order valence-electron chi connectivity index (χ1n) is 6.11. The van der Waals surface area contributed by atoms with Crippen molar-refractivity contribution >= 4 is 34.2 Å². The van der Waals surface area contributed by atoms with Gasteiger partial charge in [-0.15, -0.1) is 0 Å². The normalized spacial score (nSPS) is 23.4. The molecule has 0 spiro atoms. The average molecular weight is 323 g/mol. The van der Waals surface area contributed by atoms with Crippen LogP contribution in [0.2, 0.25) is 5.02 Å². The lowest BCUT2D eigenvalue weighted by atomic mass is 10.1. The molecule has 20 heavy (non-hydrogen) atoms. The minimum Gasteiger partial charge on any atom is -0.335 e. The van der Waals surface area contributed by atoms with E-state index >= 15 is 0 Å². The van der Waals surface area contributed by atoms with Gasteiger partial charge in [0.05, 0.1) is 11.6 Å². The quantitative estimate of drug-likeness (QED) is 0.795. The van der Waals surface area contributed by atoms with Crippen LogP contribution >= 0.6 is 23.4 Å². The Hall–Kier alpha value is -0.880. The van der Waals surface area contributed by atoms with E-state index in [1.54, 1.807) is 0 Å². The second-order valence-electron chi connectivity index (χ2n) is 4.81. The third-order valence-corrected chi connectivity index (χ3v) is 4.50. The van der Waals surface area contributed by atoms with Crippen molar-refractivity contribution in [2.24, 2.45) is 10.9 Å². The van der Waals surface area contributed by atoms with Crippen molar-refractivity contribution in [2.45, 2.75) is 26.1 Å². The summed E-state index contributed by atoms with van der Waals surface area (Å²) < 4.78 is 38.2. The molecule has 0 bridgehead atoms. The molecule has 1 N–H and O–H groups in total. The Morgan fingerprint density at radius 1 is 1.30 bits per heavy atom. The SMILES string of the molecule is CC1CSC(Nc2cc(Cl)cc(C(F)(F)F)c2)=NC1C. The van der Waals surface area contributed by atoms with Crippen LogP contribution in [0.15, 0.2) is 23.2 Å². The number of halogens is 4. The molecule has 2 atom stereocenters. The highest BCUT2D eigenvalue weighted by molar-refractivity contribution is 8.14. The minimum absolute atomic E-state index is 0.0464. The van der Waals surface area contributed by atoms with Gasteiger partial charge in [-0.2, -0.15) is 13.2 Å². The van der Waals surface area contributed by atoms with E-state index in [1.165, 1.54) is 17.8 Å². The highest BCUT2D eigenvalue weighted by atomic mass is 35.5. The number of aliphatic imine (C=N–C) groups is 1. The molecule has 7 heteroatoms. The summed E-state index contributed by atoms with van der Waals surface area (Å²) in [5.74, 6) is 1.34.